The first-order valence-electron chi connectivity index (χ1n) is 7.75. The molecule has 0 aliphatic carbocycles. The van der Waals surface area contributed by atoms with Crippen molar-refractivity contribution in [1.82, 2.24) is 9.88 Å². The zero-order chi connectivity index (χ0) is 16.2. The number of hydrogen-bond donors (Lipinski definition) is 1. The maximum absolute atomic E-state index is 12.7. The van der Waals surface area contributed by atoms with Gasteiger partial charge in [-0.3, -0.25) is 4.79 Å². The highest BCUT2D eigenvalue weighted by molar-refractivity contribution is 6.31. The molecule has 0 unspecified atom stereocenters. The summed E-state index contributed by atoms with van der Waals surface area (Å²) in [5, 5.41) is 1.81. The Morgan fingerprint density at radius 2 is 1.83 bits per heavy atom. The fourth-order valence-electron chi connectivity index (χ4n) is 2.76. The molecule has 4 heteroatoms. The number of carbonyl (C=O) groups is 1. The number of para-hydroxylation sites is 1. The van der Waals surface area contributed by atoms with Crippen LogP contribution in [0.2, 0.25) is 5.02 Å². The molecule has 1 amide bonds. The second kappa shape index (κ2) is 6.88. The minimum absolute atomic E-state index is 0.108. The Morgan fingerprint density at radius 1 is 1.09 bits per heavy atom. The number of benzene rings is 2. The largest absolute Gasteiger partial charge is 0.361 e. The van der Waals surface area contributed by atoms with Gasteiger partial charge in [0.1, 0.15) is 0 Å². The van der Waals surface area contributed by atoms with Gasteiger partial charge in [0, 0.05) is 35.2 Å². The van der Waals surface area contributed by atoms with Gasteiger partial charge < -0.3 is 9.88 Å². The Balaban J connectivity index is 1.77. The van der Waals surface area contributed by atoms with E-state index >= 15 is 0 Å². The van der Waals surface area contributed by atoms with Crippen LogP contribution in [0.1, 0.15) is 18.1 Å². The van der Waals surface area contributed by atoms with Gasteiger partial charge in [-0.15, -0.1) is 0 Å². The quantitative estimate of drug-likeness (QED) is 0.740. The number of H-pyrrole nitrogens is 1. The van der Waals surface area contributed by atoms with Gasteiger partial charge in [-0.05, 0) is 30.2 Å². The van der Waals surface area contributed by atoms with Gasteiger partial charge in [0.15, 0.2) is 0 Å². The fraction of sp³-hybridized carbons (Fsp3) is 0.211. The summed E-state index contributed by atoms with van der Waals surface area (Å²) in [6.45, 7) is 3.19. The summed E-state index contributed by atoms with van der Waals surface area (Å²) >= 11 is 6.21. The first-order chi connectivity index (χ1) is 11.2. The van der Waals surface area contributed by atoms with Gasteiger partial charge in [0.25, 0.3) is 0 Å². The Hall–Kier alpha value is -2.26. The van der Waals surface area contributed by atoms with Crippen molar-refractivity contribution in [2.24, 2.45) is 0 Å². The molecule has 1 N–H and O–H groups in total. The summed E-state index contributed by atoms with van der Waals surface area (Å²) in [4.78, 5) is 17.7. The van der Waals surface area contributed by atoms with Crippen LogP contribution in [0.4, 0.5) is 0 Å². The minimum Gasteiger partial charge on any atom is -0.361 e. The summed E-state index contributed by atoms with van der Waals surface area (Å²) < 4.78 is 0. The van der Waals surface area contributed by atoms with Gasteiger partial charge in [-0.2, -0.15) is 0 Å². The van der Waals surface area contributed by atoms with Crippen molar-refractivity contribution >= 4 is 28.4 Å². The van der Waals surface area contributed by atoms with Gasteiger partial charge in [-0.25, -0.2) is 0 Å². The number of rotatable bonds is 5. The zero-order valence-electron chi connectivity index (χ0n) is 13.1. The monoisotopic (exact) mass is 326 g/mol. The lowest BCUT2D eigenvalue weighted by Crippen LogP contribution is -2.31. The first-order valence-corrected chi connectivity index (χ1v) is 8.13. The molecule has 0 aliphatic heterocycles. The Labute approximate surface area is 140 Å². The van der Waals surface area contributed by atoms with E-state index in [0.717, 1.165) is 22.0 Å². The van der Waals surface area contributed by atoms with Gasteiger partial charge in [0.2, 0.25) is 5.91 Å². The molecule has 0 atom stereocenters. The standard InChI is InChI=1S/C19H19ClN2O/c1-2-22(13-14-7-3-5-9-17(14)20)19(23)11-15-12-21-18-10-6-4-8-16(15)18/h3-10,12,21H,2,11,13H2,1H3. The van der Waals surface area contributed by atoms with Crippen molar-refractivity contribution in [2.45, 2.75) is 19.9 Å². The van der Waals surface area contributed by atoms with E-state index in [1.54, 1.807) is 0 Å². The third-order valence-corrected chi connectivity index (χ3v) is 4.44. The molecule has 118 valence electrons. The molecular formula is C19H19ClN2O. The van der Waals surface area contributed by atoms with Crippen LogP contribution in [0.5, 0.6) is 0 Å². The number of nitrogens with zero attached hydrogens (tertiary/aromatic N) is 1. The highest BCUT2D eigenvalue weighted by Crippen LogP contribution is 2.20. The van der Waals surface area contributed by atoms with Crippen LogP contribution in [0.25, 0.3) is 10.9 Å². The van der Waals surface area contributed by atoms with Crippen molar-refractivity contribution in [3.8, 4) is 0 Å². The predicted molar refractivity (Wildman–Crippen MR) is 94.5 cm³/mol. The molecule has 0 spiro atoms. The van der Waals surface area contributed by atoms with Crippen LogP contribution >= 0.6 is 11.6 Å². The molecule has 1 heterocycles. The maximum Gasteiger partial charge on any atom is 0.227 e. The SMILES string of the molecule is CCN(Cc1ccccc1Cl)C(=O)Cc1c[nH]c2ccccc12. The number of aromatic nitrogens is 1. The summed E-state index contributed by atoms with van der Waals surface area (Å²) in [6.07, 6.45) is 2.31. The molecule has 0 radical (unpaired) electrons. The molecule has 2 aromatic carbocycles. The van der Waals surface area contributed by atoms with E-state index in [0.29, 0.717) is 24.5 Å². The number of amides is 1. The maximum atomic E-state index is 12.7. The van der Waals surface area contributed by atoms with Crippen molar-refractivity contribution in [2.75, 3.05) is 6.54 Å². The number of halogens is 1. The fourth-order valence-corrected chi connectivity index (χ4v) is 2.96. The number of hydrogen-bond acceptors (Lipinski definition) is 1. The Morgan fingerprint density at radius 3 is 2.61 bits per heavy atom. The number of likely N-dealkylation sites (N-methyl/N-ethyl adjacent to an activating group) is 1. The Kier molecular flexibility index (Phi) is 4.68. The van der Waals surface area contributed by atoms with E-state index in [1.165, 1.54) is 0 Å². The van der Waals surface area contributed by atoms with Crippen LogP contribution in [0.15, 0.2) is 54.7 Å². The second-order valence-corrected chi connectivity index (χ2v) is 5.94. The average molecular weight is 327 g/mol. The van der Waals surface area contributed by atoms with Crippen LogP contribution in [-0.2, 0) is 17.8 Å². The van der Waals surface area contributed by atoms with Gasteiger partial charge in [-0.1, -0.05) is 48.0 Å². The molecule has 0 fully saturated rings. The van der Waals surface area contributed by atoms with Crippen LogP contribution in [0, 0.1) is 0 Å². The normalized spacial score (nSPS) is 10.9. The third kappa shape index (κ3) is 3.40. The number of carbonyl (C=O) groups excluding carboxylic acids is 1. The molecule has 0 saturated heterocycles. The molecule has 0 aliphatic rings. The van der Waals surface area contributed by atoms with Gasteiger partial charge >= 0.3 is 0 Å². The lowest BCUT2D eigenvalue weighted by atomic mass is 10.1. The number of aromatic amines is 1. The highest BCUT2D eigenvalue weighted by atomic mass is 35.5. The van der Waals surface area contributed by atoms with E-state index < -0.39 is 0 Å². The average Bonchev–Trinajstić information content (AvgIpc) is 2.97. The van der Waals surface area contributed by atoms with E-state index in [4.69, 9.17) is 11.6 Å². The summed E-state index contributed by atoms with van der Waals surface area (Å²) in [6, 6.07) is 15.7. The van der Waals surface area contributed by atoms with Crippen molar-refractivity contribution in [3.63, 3.8) is 0 Å². The molecule has 3 aromatic rings. The summed E-state index contributed by atoms with van der Waals surface area (Å²) in [5.41, 5.74) is 3.07. The topological polar surface area (TPSA) is 36.1 Å². The van der Waals surface area contributed by atoms with E-state index in [1.807, 2.05) is 66.6 Å². The number of nitrogens with one attached hydrogen (secondary N) is 1. The molecule has 0 bridgehead atoms. The first kappa shape index (κ1) is 15.6. The summed E-state index contributed by atoms with van der Waals surface area (Å²) in [5.74, 6) is 0.108. The van der Waals surface area contributed by atoms with Crippen molar-refractivity contribution in [1.29, 1.82) is 0 Å². The highest BCUT2D eigenvalue weighted by Gasteiger charge is 2.16. The third-order valence-electron chi connectivity index (χ3n) is 4.07. The second-order valence-electron chi connectivity index (χ2n) is 5.54. The molecular weight excluding hydrogens is 308 g/mol. The van der Waals surface area contributed by atoms with E-state index in [9.17, 15) is 4.79 Å². The smallest absolute Gasteiger partial charge is 0.227 e. The predicted octanol–water partition coefficient (Wildman–Crippen LogP) is 4.41. The molecule has 0 saturated carbocycles. The van der Waals surface area contributed by atoms with E-state index in [-0.39, 0.29) is 5.91 Å². The molecule has 3 rings (SSSR count). The summed E-state index contributed by atoms with van der Waals surface area (Å²) in [7, 11) is 0. The molecule has 3 nitrogen and oxygen atoms in total. The number of fused-ring (bicyclic) bond motifs is 1. The minimum atomic E-state index is 0.108. The van der Waals surface area contributed by atoms with Crippen LogP contribution in [0.3, 0.4) is 0 Å². The van der Waals surface area contributed by atoms with Crippen molar-refractivity contribution in [3.05, 3.63) is 70.9 Å². The van der Waals surface area contributed by atoms with E-state index in [2.05, 4.69) is 4.98 Å². The van der Waals surface area contributed by atoms with Gasteiger partial charge in [0.05, 0.1) is 6.42 Å². The van der Waals surface area contributed by atoms with Crippen molar-refractivity contribution < 1.29 is 4.79 Å². The zero-order valence-corrected chi connectivity index (χ0v) is 13.8. The Bertz CT molecular complexity index is 825. The molecule has 1 aromatic heterocycles. The lowest BCUT2D eigenvalue weighted by molar-refractivity contribution is -0.130. The molecule has 23 heavy (non-hydrogen) atoms. The van der Waals surface area contributed by atoms with Crippen LogP contribution in [-0.4, -0.2) is 22.3 Å². The lowest BCUT2D eigenvalue weighted by Gasteiger charge is -2.21. The van der Waals surface area contributed by atoms with Crippen LogP contribution < -0.4 is 0 Å².